The van der Waals surface area contributed by atoms with E-state index in [4.69, 9.17) is 0 Å². The molecule has 4 rings (SSSR count). The number of sulfonamides is 1. The Morgan fingerprint density at radius 3 is 2.40 bits per heavy atom. The Morgan fingerprint density at radius 1 is 0.967 bits per heavy atom. The van der Waals surface area contributed by atoms with Crippen molar-refractivity contribution in [3.05, 3.63) is 89.0 Å². The summed E-state index contributed by atoms with van der Waals surface area (Å²) >= 11 is 0. The third-order valence-electron chi connectivity index (χ3n) is 4.64. The van der Waals surface area contributed by atoms with Crippen LogP contribution in [-0.2, 0) is 10.0 Å². The largest absolute Gasteiger partial charge is 0.279 e. The third kappa shape index (κ3) is 3.51. The lowest BCUT2D eigenvalue weighted by molar-refractivity contribution is 0.584. The molecule has 1 N–H and O–H groups in total. The number of rotatable bonds is 5. The van der Waals surface area contributed by atoms with Crippen molar-refractivity contribution in [3.8, 4) is 16.9 Å². The van der Waals surface area contributed by atoms with Gasteiger partial charge in [-0.05, 0) is 30.3 Å². The van der Waals surface area contributed by atoms with Gasteiger partial charge in [0.15, 0.2) is 0 Å². The predicted molar refractivity (Wildman–Crippen MR) is 114 cm³/mol. The average molecular weight is 423 g/mol. The molecule has 0 unspecified atom stereocenters. The van der Waals surface area contributed by atoms with Crippen LogP contribution < -0.4 is 10.3 Å². The number of halogens is 1. The van der Waals surface area contributed by atoms with Crippen molar-refractivity contribution in [1.82, 2.24) is 14.5 Å². The second-order valence-electron chi connectivity index (χ2n) is 6.59. The number of nitrogens with zero attached hydrogens (tertiary/aromatic N) is 2. The molecule has 0 saturated carbocycles. The summed E-state index contributed by atoms with van der Waals surface area (Å²) in [6, 6.07) is 19.0. The molecule has 0 aliphatic carbocycles. The molecule has 30 heavy (non-hydrogen) atoms. The first kappa shape index (κ1) is 19.9. The second-order valence-corrected chi connectivity index (χ2v) is 8.36. The summed E-state index contributed by atoms with van der Waals surface area (Å²) in [6.07, 6.45) is 0. The maximum atomic E-state index is 14.4. The highest BCUT2D eigenvalue weighted by molar-refractivity contribution is 7.89. The maximum absolute atomic E-state index is 14.4. The molecule has 8 heteroatoms. The van der Waals surface area contributed by atoms with E-state index in [1.54, 1.807) is 49.4 Å². The van der Waals surface area contributed by atoms with E-state index in [1.165, 1.54) is 30.3 Å². The van der Waals surface area contributed by atoms with E-state index in [-0.39, 0.29) is 17.1 Å². The molecule has 0 amide bonds. The van der Waals surface area contributed by atoms with Gasteiger partial charge in [-0.1, -0.05) is 49.4 Å². The van der Waals surface area contributed by atoms with E-state index in [0.29, 0.717) is 22.0 Å². The van der Waals surface area contributed by atoms with Crippen molar-refractivity contribution in [2.45, 2.75) is 11.8 Å². The zero-order valence-electron chi connectivity index (χ0n) is 16.0. The molecule has 0 spiro atoms. The number of para-hydroxylation sites is 1. The van der Waals surface area contributed by atoms with Crippen LogP contribution in [0.5, 0.6) is 0 Å². The Morgan fingerprint density at radius 2 is 1.67 bits per heavy atom. The van der Waals surface area contributed by atoms with Gasteiger partial charge in [-0.3, -0.25) is 4.79 Å². The van der Waals surface area contributed by atoms with Gasteiger partial charge in [0.05, 0.1) is 16.0 Å². The van der Waals surface area contributed by atoms with E-state index >= 15 is 0 Å². The van der Waals surface area contributed by atoms with Crippen molar-refractivity contribution in [1.29, 1.82) is 0 Å². The summed E-state index contributed by atoms with van der Waals surface area (Å²) in [4.78, 5) is 13.1. The first-order valence-electron chi connectivity index (χ1n) is 9.29. The zero-order valence-corrected chi connectivity index (χ0v) is 16.9. The normalized spacial score (nSPS) is 11.7. The molecule has 4 aromatic rings. The maximum Gasteiger partial charge on any atom is 0.279 e. The third-order valence-corrected chi connectivity index (χ3v) is 6.18. The minimum absolute atomic E-state index is 0.0194. The van der Waals surface area contributed by atoms with Gasteiger partial charge in [-0.15, -0.1) is 0 Å². The van der Waals surface area contributed by atoms with Crippen LogP contribution in [-0.4, -0.2) is 24.7 Å². The lowest BCUT2D eigenvalue weighted by atomic mass is 10.1. The highest BCUT2D eigenvalue weighted by atomic mass is 32.2. The molecule has 0 aliphatic rings. The highest BCUT2D eigenvalue weighted by Crippen LogP contribution is 2.27. The van der Waals surface area contributed by atoms with E-state index in [9.17, 15) is 17.6 Å². The van der Waals surface area contributed by atoms with Crippen molar-refractivity contribution in [3.63, 3.8) is 0 Å². The van der Waals surface area contributed by atoms with Crippen LogP contribution in [0, 0.1) is 5.82 Å². The fourth-order valence-electron chi connectivity index (χ4n) is 3.27. The molecule has 3 aromatic carbocycles. The van der Waals surface area contributed by atoms with Crippen LogP contribution in [0.25, 0.3) is 27.7 Å². The summed E-state index contributed by atoms with van der Waals surface area (Å²) < 4.78 is 42.7. The average Bonchev–Trinajstić information content (AvgIpc) is 2.75. The van der Waals surface area contributed by atoms with Crippen molar-refractivity contribution in [2.24, 2.45) is 0 Å². The topological polar surface area (TPSA) is 81.1 Å². The molecule has 1 aromatic heterocycles. The number of fused-ring (bicyclic) bond motifs is 1. The van der Waals surface area contributed by atoms with Crippen LogP contribution >= 0.6 is 0 Å². The van der Waals surface area contributed by atoms with Gasteiger partial charge in [0.25, 0.3) is 5.56 Å². The summed E-state index contributed by atoms with van der Waals surface area (Å²) in [5.41, 5.74) is 0.430. The summed E-state index contributed by atoms with van der Waals surface area (Å²) in [6.45, 7) is 1.95. The first-order valence-corrected chi connectivity index (χ1v) is 10.8. The fourth-order valence-corrected chi connectivity index (χ4v) is 4.36. The van der Waals surface area contributed by atoms with Crippen molar-refractivity contribution < 1.29 is 12.8 Å². The van der Waals surface area contributed by atoms with Gasteiger partial charge in [-0.25, -0.2) is 17.5 Å². The van der Waals surface area contributed by atoms with Gasteiger partial charge in [0.2, 0.25) is 10.0 Å². The minimum atomic E-state index is -3.68. The monoisotopic (exact) mass is 423 g/mol. The Labute approximate surface area is 172 Å². The molecule has 0 saturated heterocycles. The van der Waals surface area contributed by atoms with Crippen LogP contribution in [0.15, 0.2) is 82.5 Å². The summed E-state index contributed by atoms with van der Waals surface area (Å²) in [5, 5.41) is 5.32. The molecule has 0 fully saturated rings. The van der Waals surface area contributed by atoms with Crippen LogP contribution in [0.3, 0.4) is 0 Å². The number of hydrogen-bond donors (Lipinski definition) is 1. The molecule has 0 radical (unpaired) electrons. The number of hydrogen-bond acceptors (Lipinski definition) is 4. The summed E-state index contributed by atoms with van der Waals surface area (Å²) in [5.74, 6) is -0.586. The molecular weight excluding hydrogens is 405 g/mol. The van der Waals surface area contributed by atoms with Gasteiger partial charge in [0, 0.05) is 17.5 Å². The molecule has 0 atom stereocenters. The molecule has 6 nitrogen and oxygen atoms in total. The Hall–Kier alpha value is -3.36. The van der Waals surface area contributed by atoms with E-state index < -0.39 is 21.4 Å². The second kappa shape index (κ2) is 7.81. The quantitative estimate of drug-likeness (QED) is 0.533. The highest BCUT2D eigenvalue weighted by Gasteiger charge is 2.18. The molecular formula is C22H18FN3O3S. The van der Waals surface area contributed by atoms with E-state index in [1.807, 2.05) is 0 Å². The molecule has 0 bridgehead atoms. The van der Waals surface area contributed by atoms with Gasteiger partial charge < -0.3 is 0 Å². The Balaban J connectivity index is 2.02. The number of aromatic nitrogens is 2. The first-order chi connectivity index (χ1) is 14.4. The van der Waals surface area contributed by atoms with Crippen molar-refractivity contribution >= 4 is 20.8 Å². The number of nitrogens with one attached hydrogen (secondary N) is 1. The Kier molecular flexibility index (Phi) is 5.19. The minimum Gasteiger partial charge on any atom is -0.267 e. The van der Waals surface area contributed by atoms with Gasteiger partial charge in [-0.2, -0.15) is 9.78 Å². The van der Waals surface area contributed by atoms with Crippen LogP contribution in [0.1, 0.15) is 6.92 Å². The van der Waals surface area contributed by atoms with E-state index in [2.05, 4.69) is 9.82 Å². The molecule has 152 valence electrons. The van der Waals surface area contributed by atoms with Gasteiger partial charge >= 0.3 is 0 Å². The molecule has 0 aliphatic heterocycles. The Bertz CT molecular complexity index is 1410. The van der Waals surface area contributed by atoms with Crippen LogP contribution in [0.4, 0.5) is 4.39 Å². The fraction of sp³-hybridized carbons (Fsp3) is 0.0909. The lowest BCUT2D eigenvalue weighted by Crippen LogP contribution is -2.24. The summed E-state index contributed by atoms with van der Waals surface area (Å²) in [7, 11) is -3.68. The predicted octanol–water partition coefficient (Wildman–Crippen LogP) is 3.49. The van der Waals surface area contributed by atoms with Crippen LogP contribution in [0.2, 0.25) is 0 Å². The zero-order chi connectivity index (χ0) is 21.3. The van der Waals surface area contributed by atoms with E-state index in [0.717, 1.165) is 4.68 Å². The number of benzene rings is 3. The van der Waals surface area contributed by atoms with Gasteiger partial charge in [0.1, 0.15) is 11.5 Å². The smallest absolute Gasteiger partial charge is 0.267 e. The SMILES string of the molecule is CCNS(=O)(=O)c1cccc(-c2nn(-c3ccccc3F)c(=O)c3ccccc23)c1. The standard InChI is InChI=1S/C22H18FN3O3S/c1-2-24-30(28,29)16-9-7-8-15(14-16)21-17-10-3-4-11-18(17)22(27)26(25-21)20-13-6-5-12-19(20)23/h3-14,24H,2H2,1H3. The van der Waals surface area contributed by atoms with Crippen molar-refractivity contribution in [2.75, 3.05) is 6.54 Å². The molecule has 1 heterocycles. The lowest BCUT2D eigenvalue weighted by Gasteiger charge is -2.13.